The lowest BCUT2D eigenvalue weighted by molar-refractivity contribution is -0.384. The zero-order chi connectivity index (χ0) is 35.8. The molecule has 1 N–H and O–H groups in total. The molecule has 256 valence electrons. The Morgan fingerprint density at radius 3 is 2.27 bits per heavy atom. The highest BCUT2D eigenvalue weighted by Gasteiger charge is 2.70. The molecule has 12 heteroatoms. The lowest BCUT2D eigenvalue weighted by Crippen LogP contribution is -2.53. The molecule has 4 aliphatic rings. The van der Waals surface area contributed by atoms with Gasteiger partial charge < -0.3 is 9.84 Å². The molecule has 6 atom stereocenters. The van der Waals surface area contributed by atoms with Gasteiger partial charge in [0.15, 0.2) is 11.5 Å². The van der Waals surface area contributed by atoms with Gasteiger partial charge in [-0.2, -0.15) is 0 Å². The average molecular weight is 704 g/mol. The number of phenols is 1. The Morgan fingerprint density at radius 1 is 0.843 bits per heavy atom. The number of non-ortho nitro benzene ring substituents is 1. The van der Waals surface area contributed by atoms with Crippen molar-refractivity contribution in [1.29, 1.82) is 0 Å². The number of aromatic hydroxyl groups is 1. The number of phenolic OH excluding ortho intramolecular Hbond substituents is 1. The quantitative estimate of drug-likeness (QED) is 0.106. The number of nitro benzene ring substituents is 1. The van der Waals surface area contributed by atoms with Gasteiger partial charge >= 0.3 is 0 Å². The van der Waals surface area contributed by atoms with Crippen LogP contribution in [0.1, 0.15) is 29.9 Å². The Balaban J connectivity index is 1.33. The summed E-state index contributed by atoms with van der Waals surface area (Å²) in [6.07, 6.45) is 2.23. The number of benzene rings is 4. The summed E-state index contributed by atoms with van der Waals surface area (Å²) >= 11 is 6.37. The maximum atomic E-state index is 15.3. The number of ether oxygens (including phenoxy) is 1. The van der Waals surface area contributed by atoms with Crippen LogP contribution >= 0.6 is 11.6 Å². The Bertz CT molecular complexity index is 2190. The predicted molar refractivity (Wildman–Crippen MR) is 186 cm³/mol. The first kappa shape index (κ1) is 32.4. The molecule has 4 aromatic carbocycles. The van der Waals surface area contributed by atoms with Crippen molar-refractivity contribution in [3.63, 3.8) is 0 Å². The average Bonchev–Trinajstić information content (AvgIpc) is 3.53. The number of anilines is 2. The fourth-order valence-corrected chi connectivity index (χ4v) is 9.15. The lowest BCUT2D eigenvalue weighted by Gasteiger charge is -2.50. The van der Waals surface area contributed by atoms with E-state index in [4.69, 9.17) is 16.3 Å². The van der Waals surface area contributed by atoms with Crippen molar-refractivity contribution in [3.8, 4) is 11.5 Å². The number of amides is 4. The minimum absolute atomic E-state index is 0.0996. The van der Waals surface area contributed by atoms with Gasteiger partial charge in [0.05, 0.1) is 46.6 Å². The summed E-state index contributed by atoms with van der Waals surface area (Å²) < 4.78 is 5.51. The summed E-state index contributed by atoms with van der Waals surface area (Å²) in [7, 11) is 1.42. The van der Waals surface area contributed by atoms with Gasteiger partial charge in [0, 0.05) is 23.1 Å². The van der Waals surface area contributed by atoms with Gasteiger partial charge in [-0.1, -0.05) is 65.7 Å². The second kappa shape index (κ2) is 11.9. The largest absolute Gasteiger partial charge is 0.504 e. The summed E-state index contributed by atoms with van der Waals surface area (Å²) in [5.41, 5.74) is 0.815. The number of rotatable bonds is 6. The van der Waals surface area contributed by atoms with E-state index < -0.39 is 63.6 Å². The molecule has 0 aromatic heterocycles. The first-order valence-corrected chi connectivity index (χ1v) is 16.8. The van der Waals surface area contributed by atoms with Crippen LogP contribution in [-0.4, -0.2) is 40.8 Å². The molecule has 0 unspecified atom stereocenters. The second-order valence-corrected chi connectivity index (χ2v) is 13.7. The minimum Gasteiger partial charge on any atom is -0.504 e. The lowest BCUT2D eigenvalue weighted by atomic mass is 9.49. The van der Waals surface area contributed by atoms with Crippen molar-refractivity contribution in [1.82, 2.24) is 0 Å². The normalized spacial score (nSPS) is 26.8. The number of carbonyl (C=O) groups excluding carboxylic acids is 4. The highest BCUT2D eigenvalue weighted by molar-refractivity contribution is 6.32. The fourth-order valence-electron chi connectivity index (χ4n) is 8.97. The van der Waals surface area contributed by atoms with Gasteiger partial charge in [0.25, 0.3) is 5.69 Å². The molecule has 1 saturated carbocycles. The molecule has 11 nitrogen and oxygen atoms in total. The topological polar surface area (TPSA) is 147 Å². The monoisotopic (exact) mass is 703 g/mol. The highest BCUT2D eigenvalue weighted by atomic mass is 35.5. The Kier molecular flexibility index (Phi) is 7.57. The molecule has 0 radical (unpaired) electrons. The van der Waals surface area contributed by atoms with E-state index in [0.717, 1.165) is 10.5 Å². The zero-order valence-electron chi connectivity index (χ0n) is 27.1. The number of methoxy groups -OCH3 is 1. The molecule has 51 heavy (non-hydrogen) atoms. The molecule has 8 rings (SSSR count). The third-order valence-corrected chi connectivity index (χ3v) is 11.3. The molecule has 3 fully saturated rings. The molecule has 2 saturated heterocycles. The molecule has 2 heterocycles. The van der Waals surface area contributed by atoms with Gasteiger partial charge in [-0.25, -0.2) is 4.90 Å². The molecule has 4 amide bonds. The minimum atomic E-state index is -1.48. The summed E-state index contributed by atoms with van der Waals surface area (Å²) in [5.74, 6) is -5.72. The molecule has 2 aliphatic carbocycles. The van der Waals surface area contributed by atoms with E-state index in [1.54, 1.807) is 36.4 Å². The molecular weight excluding hydrogens is 674 g/mol. The van der Waals surface area contributed by atoms with Crippen LogP contribution < -0.4 is 14.5 Å². The van der Waals surface area contributed by atoms with E-state index in [1.807, 2.05) is 36.4 Å². The van der Waals surface area contributed by atoms with Crippen LogP contribution in [0.3, 0.4) is 0 Å². The molecule has 2 aliphatic heterocycles. The number of fused-ring (bicyclic) bond motifs is 4. The van der Waals surface area contributed by atoms with Crippen molar-refractivity contribution in [3.05, 3.63) is 135 Å². The Hall–Kier alpha value is -5.81. The van der Waals surface area contributed by atoms with Crippen LogP contribution in [0.25, 0.3) is 0 Å². The van der Waals surface area contributed by atoms with Gasteiger partial charge in [-0.05, 0) is 72.4 Å². The molecular formula is C39H30ClN3O8. The van der Waals surface area contributed by atoms with Crippen molar-refractivity contribution >= 4 is 52.3 Å². The van der Waals surface area contributed by atoms with Crippen LogP contribution in [-0.2, 0) is 24.6 Å². The Labute approximate surface area is 296 Å². The molecule has 0 spiro atoms. The van der Waals surface area contributed by atoms with Crippen molar-refractivity contribution in [2.75, 3.05) is 16.9 Å². The summed E-state index contributed by atoms with van der Waals surface area (Å²) in [6.45, 7) is 0. The SMILES string of the molecule is COc1cc([C@H]2C3=CC[C@@H]4C(=O)N(c5ccc([N+](=O)[O-])cc5)C(=O)[C@@H]4[C@@H]3C[C@H]3C(=O)N(c4cccc(Cl)c4)C(=O)[C@@]23c2ccccc2)ccc1O. The predicted octanol–water partition coefficient (Wildman–Crippen LogP) is 6.33. The van der Waals surface area contributed by atoms with Crippen molar-refractivity contribution < 1.29 is 33.9 Å². The number of nitrogens with zero attached hydrogens (tertiary/aromatic N) is 3. The van der Waals surface area contributed by atoms with Crippen LogP contribution in [0.2, 0.25) is 5.02 Å². The summed E-state index contributed by atoms with van der Waals surface area (Å²) in [5, 5.41) is 22.3. The molecule has 4 aromatic rings. The molecule has 0 bridgehead atoms. The number of imide groups is 2. The number of hydrogen-bond donors (Lipinski definition) is 1. The van der Waals surface area contributed by atoms with Gasteiger partial charge in [-0.15, -0.1) is 0 Å². The Morgan fingerprint density at radius 2 is 1.59 bits per heavy atom. The number of allylic oxidation sites excluding steroid dienone is 2. The van der Waals surface area contributed by atoms with Crippen molar-refractivity contribution in [2.45, 2.75) is 24.2 Å². The number of halogens is 1. The van der Waals surface area contributed by atoms with Crippen LogP contribution in [0.4, 0.5) is 17.1 Å². The second-order valence-electron chi connectivity index (χ2n) is 13.3. The van der Waals surface area contributed by atoms with Crippen LogP contribution in [0.15, 0.2) is 109 Å². The highest BCUT2D eigenvalue weighted by Crippen LogP contribution is 2.65. The third kappa shape index (κ3) is 4.64. The van der Waals surface area contributed by atoms with E-state index in [0.29, 0.717) is 21.8 Å². The van der Waals surface area contributed by atoms with E-state index in [-0.39, 0.29) is 35.7 Å². The van der Waals surface area contributed by atoms with Crippen LogP contribution in [0.5, 0.6) is 11.5 Å². The first-order chi connectivity index (χ1) is 24.6. The van der Waals surface area contributed by atoms with Gasteiger partial charge in [0.1, 0.15) is 0 Å². The first-order valence-electron chi connectivity index (χ1n) is 16.5. The van der Waals surface area contributed by atoms with E-state index in [1.165, 1.54) is 42.3 Å². The van der Waals surface area contributed by atoms with E-state index >= 15 is 4.79 Å². The van der Waals surface area contributed by atoms with Gasteiger partial charge in [0.2, 0.25) is 23.6 Å². The number of hydrogen-bond acceptors (Lipinski definition) is 8. The maximum Gasteiger partial charge on any atom is 0.269 e. The maximum absolute atomic E-state index is 15.3. The van der Waals surface area contributed by atoms with Crippen molar-refractivity contribution in [2.24, 2.45) is 23.7 Å². The van der Waals surface area contributed by atoms with E-state index in [2.05, 4.69) is 0 Å². The zero-order valence-corrected chi connectivity index (χ0v) is 27.9. The standard InChI is InChI=1S/C39H30ClN3O8/c1-51-32-18-21(10-17-31(32)44)34-27-15-16-28-33(37(47)41(35(28)45)24-11-13-25(14-12-24)43(49)50)29(27)20-30-36(46)42(26-9-5-8-23(40)19-26)38(48)39(30,34)22-6-3-2-4-7-22/h2-15,17-19,28-30,33-34,44H,16,20H2,1H3/t28-,29+,30-,33-,34-,39+/m0/s1. The van der Waals surface area contributed by atoms with E-state index in [9.17, 15) is 29.6 Å². The fraction of sp³-hybridized carbons (Fsp3) is 0.231. The number of nitro groups is 1. The summed E-state index contributed by atoms with van der Waals surface area (Å²) in [4.78, 5) is 71.6. The summed E-state index contributed by atoms with van der Waals surface area (Å²) in [6, 6.07) is 25.8. The van der Waals surface area contributed by atoms with Gasteiger partial charge in [-0.3, -0.25) is 34.2 Å². The third-order valence-electron chi connectivity index (χ3n) is 11.0. The van der Waals surface area contributed by atoms with Crippen LogP contribution in [0, 0.1) is 33.8 Å². The smallest absolute Gasteiger partial charge is 0.269 e. The number of carbonyl (C=O) groups is 4.